The molecule has 1 atom stereocenters. The van der Waals surface area contributed by atoms with Gasteiger partial charge >= 0.3 is 11.8 Å². The highest BCUT2D eigenvalue weighted by Crippen LogP contribution is 2.15. The van der Waals surface area contributed by atoms with Gasteiger partial charge in [0.2, 0.25) is 0 Å². The number of hydrogen-bond acceptors (Lipinski definition) is 4. The molecule has 104 valence electrons. The third-order valence-corrected chi connectivity index (χ3v) is 3.32. The van der Waals surface area contributed by atoms with Crippen molar-refractivity contribution in [2.24, 2.45) is 0 Å². The summed E-state index contributed by atoms with van der Waals surface area (Å²) in [5.41, 5.74) is 1.27. The molecule has 0 aliphatic rings. The lowest BCUT2D eigenvalue weighted by atomic mass is 10.2. The fourth-order valence-electron chi connectivity index (χ4n) is 1.56. The molecule has 1 aromatic heterocycles. The van der Waals surface area contributed by atoms with Crippen LogP contribution < -0.4 is 10.6 Å². The highest BCUT2D eigenvalue weighted by Gasteiger charge is 2.15. The topological polar surface area (TPSA) is 78.4 Å². The molecule has 1 unspecified atom stereocenters. The van der Waals surface area contributed by atoms with Crippen LogP contribution in [0, 0.1) is 0 Å². The largest absolute Gasteiger partial charge is 0.387 e. The summed E-state index contributed by atoms with van der Waals surface area (Å²) in [7, 11) is 0. The maximum absolute atomic E-state index is 11.6. The molecular formula is C14H14N2O3S. The molecule has 0 aliphatic carbocycles. The van der Waals surface area contributed by atoms with Gasteiger partial charge in [0.05, 0.1) is 6.10 Å². The number of thiophene rings is 1. The van der Waals surface area contributed by atoms with Gasteiger partial charge in [0.15, 0.2) is 0 Å². The summed E-state index contributed by atoms with van der Waals surface area (Å²) in [5.74, 6) is -1.53. The van der Waals surface area contributed by atoms with Crippen molar-refractivity contribution in [1.82, 2.24) is 5.32 Å². The standard InChI is InChI=1S/C14H14N2O3S/c17-12(10-6-7-20-9-10)8-15-13(18)14(19)16-11-4-2-1-3-5-11/h1-7,9,12,17H,8H2,(H,15,18)(H,16,19). The Morgan fingerprint density at radius 3 is 2.55 bits per heavy atom. The van der Waals surface area contributed by atoms with Crippen LogP contribution in [0.2, 0.25) is 0 Å². The van der Waals surface area contributed by atoms with E-state index in [1.165, 1.54) is 11.3 Å². The fourth-order valence-corrected chi connectivity index (χ4v) is 2.27. The van der Waals surface area contributed by atoms with Gasteiger partial charge in [0.25, 0.3) is 0 Å². The van der Waals surface area contributed by atoms with Gasteiger partial charge in [-0.1, -0.05) is 18.2 Å². The maximum atomic E-state index is 11.6. The number of hydrogen-bond donors (Lipinski definition) is 3. The monoisotopic (exact) mass is 290 g/mol. The van der Waals surface area contributed by atoms with Gasteiger partial charge < -0.3 is 15.7 Å². The number of para-hydroxylation sites is 1. The molecule has 0 saturated carbocycles. The van der Waals surface area contributed by atoms with E-state index in [0.29, 0.717) is 5.69 Å². The summed E-state index contributed by atoms with van der Waals surface area (Å²) in [5, 5.41) is 18.3. The molecule has 2 rings (SSSR count). The van der Waals surface area contributed by atoms with E-state index in [2.05, 4.69) is 10.6 Å². The SMILES string of the molecule is O=C(NCC(O)c1ccsc1)C(=O)Nc1ccccc1. The van der Waals surface area contributed by atoms with Gasteiger partial charge in [-0.05, 0) is 34.5 Å². The average Bonchev–Trinajstić information content (AvgIpc) is 2.99. The molecule has 1 aromatic carbocycles. The molecule has 3 N–H and O–H groups in total. The van der Waals surface area contributed by atoms with Crippen LogP contribution in [0.4, 0.5) is 5.69 Å². The summed E-state index contributed by atoms with van der Waals surface area (Å²) in [6.07, 6.45) is -0.810. The molecular weight excluding hydrogens is 276 g/mol. The lowest BCUT2D eigenvalue weighted by Gasteiger charge is -2.10. The molecule has 0 fully saturated rings. The Hall–Kier alpha value is -2.18. The summed E-state index contributed by atoms with van der Waals surface area (Å²) in [4.78, 5) is 23.2. The second-order valence-electron chi connectivity index (χ2n) is 4.10. The molecule has 5 nitrogen and oxygen atoms in total. The van der Waals surface area contributed by atoms with Gasteiger partial charge in [-0.2, -0.15) is 11.3 Å². The van der Waals surface area contributed by atoms with E-state index in [9.17, 15) is 14.7 Å². The Labute approximate surface area is 120 Å². The highest BCUT2D eigenvalue weighted by molar-refractivity contribution is 7.07. The number of anilines is 1. The Morgan fingerprint density at radius 2 is 1.90 bits per heavy atom. The van der Waals surface area contributed by atoms with Crippen LogP contribution >= 0.6 is 11.3 Å². The van der Waals surface area contributed by atoms with Crippen molar-refractivity contribution in [2.75, 3.05) is 11.9 Å². The highest BCUT2D eigenvalue weighted by atomic mass is 32.1. The van der Waals surface area contributed by atoms with Gasteiger partial charge in [0, 0.05) is 12.2 Å². The maximum Gasteiger partial charge on any atom is 0.313 e. The smallest absolute Gasteiger partial charge is 0.313 e. The fraction of sp³-hybridized carbons (Fsp3) is 0.143. The second-order valence-corrected chi connectivity index (χ2v) is 4.88. The number of aliphatic hydroxyl groups is 1. The molecule has 0 aliphatic heterocycles. The Balaban J connectivity index is 1.81. The predicted molar refractivity (Wildman–Crippen MR) is 77.4 cm³/mol. The number of benzene rings is 1. The van der Waals surface area contributed by atoms with Gasteiger partial charge in [-0.15, -0.1) is 0 Å². The Kier molecular flexibility index (Phi) is 4.86. The quantitative estimate of drug-likeness (QED) is 0.747. The van der Waals surface area contributed by atoms with Crippen LogP contribution in [0.25, 0.3) is 0 Å². The zero-order valence-corrected chi connectivity index (χ0v) is 11.4. The number of rotatable bonds is 4. The minimum atomic E-state index is -0.810. The minimum absolute atomic E-state index is 0.00221. The van der Waals surface area contributed by atoms with Crippen molar-refractivity contribution in [3.63, 3.8) is 0 Å². The van der Waals surface area contributed by atoms with E-state index in [1.54, 1.807) is 35.7 Å². The van der Waals surface area contributed by atoms with Crippen molar-refractivity contribution in [2.45, 2.75) is 6.10 Å². The number of carbonyl (C=O) groups is 2. The number of carbonyl (C=O) groups excluding carboxylic acids is 2. The minimum Gasteiger partial charge on any atom is -0.387 e. The summed E-state index contributed by atoms with van der Waals surface area (Å²) >= 11 is 1.46. The van der Waals surface area contributed by atoms with Gasteiger partial charge in [-0.3, -0.25) is 9.59 Å². The third kappa shape index (κ3) is 3.91. The number of aliphatic hydroxyl groups excluding tert-OH is 1. The first-order valence-corrected chi connectivity index (χ1v) is 6.95. The van der Waals surface area contributed by atoms with E-state index in [1.807, 2.05) is 11.4 Å². The van der Waals surface area contributed by atoms with Crippen molar-refractivity contribution in [3.05, 3.63) is 52.7 Å². The van der Waals surface area contributed by atoms with E-state index in [4.69, 9.17) is 0 Å². The summed E-state index contributed by atoms with van der Waals surface area (Å²) in [6, 6.07) is 10.5. The van der Waals surface area contributed by atoms with Gasteiger partial charge in [-0.25, -0.2) is 0 Å². The van der Waals surface area contributed by atoms with Crippen LogP contribution in [0.1, 0.15) is 11.7 Å². The van der Waals surface area contributed by atoms with Crippen LogP contribution in [-0.2, 0) is 9.59 Å². The Morgan fingerprint density at radius 1 is 1.15 bits per heavy atom. The van der Waals surface area contributed by atoms with Crippen LogP contribution in [0.3, 0.4) is 0 Å². The number of amides is 2. The average molecular weight is 290 g/mol. The molecule has 2 amide bonds. The molecule has 6 heteroatoms. The molecule has 2 aromatic rings. The zero-order chi connectivity index (χ0) is 14.4. The van der Waals surface area contributed by atoms with Crippen LogP contribution in [0.5, 0.6) is 0 Å². The first kappa shape index (κ1) is 14.2. The normalized spacial score (nSPS) is 11.7. The van der Waals surface area contributed by atoms with E-state index in [-0.39, 0.29) is 6.54 Å². The summed E-state index contributed by atoms with van der Waals surface area (Å²) in [6.45, 7) is -0.00221. The molecule has 1 heterocycles. The molecule has 0 saturated heterocycles. The third-order valence-electron chi connectivity index (χ3n) is 2.62. The second kappa shape index (κ2) is 6.83. The van der Waals surface area contributed by atoms with Crippen molar-refractivity contribution in [3.8, 4) is 0 Å². The summed E-state index contributed by atoms with van der Waals surface area (Å²) < 4.78 is 0. The molecule has 0 radical (unpaired) electrons. The lowest BCUT2D eigenvalue weighted by Crippen LogP contribution is -2.37. The molecule has 0 spiro atoms. The first-order valence-electron chi connectivity index (χ1n) is 6.01. The lowest BCUT2D eigenvalue weighted by molar-refractivity contribution is -0.136. The van der Waals surface area contributed by atoms with Crippen molar-refractivity contribution in [1.29, 1.82) is 0 Å². The number of nitrogens with one attached hydrogen (secondary N) is 2. The van der Waals surface area contributed by atoms with Crippen LogP contribution in [0.15, 0.2) is 47.2 Å². The molecule has 20 heavy (non-hydrogen) atoms. The van der Waals surface area contributed by atoms with Gasteiger partial charge in [0.1, 0.15) is 0 Å². The Bertz CT molecular complexity index is 569. The van der Waals surface area contributed by atoms with E-state index >= 15 is 0 Å². The first-order chi connectivity index (χ1) is 9.66. The van der Waals surface area contributed by atoms with Crippen molar-refractivity contribution >= 4 is 28.8 Å². The van der Waals surface area contributed by atoms with Crippen LogP contribution in [-0.4, -0.2) is 23.5 Å². The molecule has 0 bridgehead atoms. The predicted octanol–water partition coefficient (Wildman–Crippen LogP) is 1.54. The van der Waals surface area contributed by atoms with Crippen molar-refractivity contribution < 1.29 is 14.7 Å². The zero-order valence-electron chi connectivity index (χ0n) is 10.6. The van der Waals surface area contributed by atoms with E-state index in [0.717, 1.165) is 5.56 Å². The van der Waals surface area contributed by atoms with E-state index < -0.39 is 17.9 Å².